The summed E-state index contributed by atoms with van der Waals surface area (Å²) in [5.74, 6) is 1.11. The molecule has 1 aromatic heterocycles. The second-order valence-electron chi connectivity index (χ2n) is 6.35. The summed E-state index contributed by atoms with van der Waals surface area (Å²) in [4.78, 5) is 16.7. The number of carbonyl (C=O) groups excluding carboxylic acids is 1. The highest BCUT2D eigenvalue weighted by molar-refractivity contribution is 14.0. The number of furan rings is 1. The molecule has 3 aromatic rings. The van der Waals surface area contributed by atoms with E-state index in [0.29, 0.717) is 24.8 Å². The molecule has 0 bridgehead atoms. The second kappa shape index (κ2) is 11.9. The maximum atomic E-state index is 12.1. The van der Waals surface area contributed by atoms with E-state index >= 15 is 0 Å². The normalized spacial score (nSPS) is 10.7. The van der Waals surface area contributed by atoms with Crippen LogP contribution in [0.3, 0.4) is 0 Å². The minimum absolute atomic E-state index is 0. The van der Waals surface area contributed by atoms with Gasteiger partial charge >= 0.3 is 0 Å². The van der Waals surface area contributed by atoms with Crippen LogP contribution in [-0.4, -0.2) is 18.4 Å². The Morgan fingerprint density at radius 1 is 0.966 bits per heavy atom. The maximum absolute atomic E-state index is 12.1. The van der Waals surface area contributed by atoms with Crippen LogP contribution in [-0.2, 0) is 17.9 Å². The van der Waals surface area contributed by atoms with Crippen molar-refractivity contribution in [2.24, 2.45) is 4.99 Å². The van der Waals surface area contributed by atoms with Gasteiger partial charge in [-0.1, -0.05) is 48.0 Å². The molecule has 0 atom stereocenters. The van der Waals surface area contributed by atoms with Gasteiger partial charge in [0.15, 0.2) is 5.96 Å². The number of halogens is 1. The quantitative estimate of drug-likeness (QED) is 0.258. The molecule has 2 aromatic carbocycles. The molecule has 0 aliphatic heterocycles. The molecule has 0 unspecified atom stereocenters. The lowest BCUT2D eigenvalue weighted by molar-refractivity contribution is -0.120. The minimum atomic E-state index is -0.144. The molecule has 6 nitrogen and oxygen atoms in total. The molecule has 0 radical (unpaired) electrons. The number of hydrogen-bond donors (Lipinski definition) is 3. The van der Waals surface area contributed by atoms with Crippen molar-refractivity contribution < 1.29 is 9.21 Å². The van der Waals surface area contributed by atoms with Crippen molar-refractivity contribution in [2.45, 2.75) is 20.0 Å². The van der Waals surface area contributed by atoms with Gasteiger partial charge in [0, 0.05) is 5.69 Å². The van der Waals surface area contributed by atoms with Gasteiger partial charge in [-0.3, -0.25) is 4.79 Å². The molecule has 0 spiro atoms. The molecule has 152 valence electrons. The number of benzene rings is 2. The lowest BCUT2D eigenvalue weighted by Gasteiger charge is -2.13. The predicted molar refractivity (Wildman–Crippen MR) is 126 cm³/mol. The number of aliphatic imine (C=N–C) groups is 1. The number of rotatable bonds is 7. The predicted octanol–water partition coefficient (Wildman–Crippen LogP) is 4.08. The minimum Gasteiger partial charge on any atom is -0.467 e. The van der Waals surface area contributed by atoms with Crippen LogP contribution in [0.25, 0.3) is 0 Å². The van der Waals surface area contributed by atoms with E-state index in [-0.39, 0.29) is 36.4 Å². The van der Waals surface area contributed by atoms with Crippen LogP contribution in [0.1, 0.15) is 16.9 Å². The van der Waals surface area contributed by atoms with E-state index in [9.17, 15) is 4.79 Å². The molecule has 0 saturated carbocycles. The van der Waals surface area contributed by atoms with E-state index < -0.39 is 0 Å². The molecule has 3 N–H and O–H groups in total. The number of para-hydroxylation sites is 1. The second-order valence-corrected chi connectivity index (χ2v) is 6.35. The average Bonchev–Trinajstić information content (AvgIpc) is 3.24. The highest BCUT2D eigenvalue weighted by Crippen LogP contribution is 2.07. The fraction of sp³-hybridized carbons (Fsp3) is 0.182. The van der Waals surface area contributed by atoms with Crippen LogP contribution in [0.5, 0.6) is 0 Å². The van der Waals surface area contributed by atoms with Crippen molar-refractivity contribution in [2.75, 3.05) is 11.9 Å². The Morgan fingerprint density at radius 2 is 1.72 bits per heavy atom. The average molecular weight is 504 g/mol. The number of carbonyl (C=O) groups is 1. The van der Waals surface area contributed by atoms with Crippen molar-refractivity contribution in [3.05, 3.63) is 89.9 Å². The zero-order chi connectivity index (χ0) is 19.6. The molecule has 0 fully saturated rings. The number of hydrogen-bond acceptors (Lipinski definition) is 3. The third kappa shape index (κ3) is 7.98. The molecule has 3 rings (SSSR count). The van der Waals surface area contributed by atoms with Crippen LogP contribution in [0.2, 0.25) is 0 Å². The molecule has 7 heteroatoms. The highest BCUT2D eigenvalue weighted by Gasteiger charge is 2.06. The lowest BCUT2D eigenvalue weighted by Crippen LogP contribution is -2.39. The van der Waals surface area contributed by atoms with Gasteiger partial charge < -0.3 is 20.4 Å². The zero-order valence-corrected chi connectivity index (χ0v) is 18.6. The van der Waals surface area contributed by atoms with Crippen LogP contribution in [0, 0.1) is 6.92 Å². The first-order valence-corrected chi connectivity index (χ1v) is 9.14. The standard InChI is InChI=1S/C22H24N4O2.HI/c1-17-9-11-18(12-10-17)14-24-22(26-19-6-3-2-4-7-19)25-16-21(27)23-15-20-8-5-13-28-20;/h2-13H,14-16H2,1H3,(H,23,27)(H2,24,25,26);1H. The molecule has 1 amide bonds. The first-order chi connectivity index (χ1) is 13.7. The number of nitrogens with zero attached hydrogens (tertiary/aromatic N) is 1. The van der Waals surface area contributed by atoms with Crippen molar-refractivity contribution in [1.29, 1.82) is 0 Å². The van der Waals surface area contributed by atoms with Crippen molar-refractivity contribution in [3.63, 3.8) is 0 Å². The van der Waals surface area contributed by atoms with Gasteiger partial charge in [-0.2, -0.15) is 0 Å². The molecular weight excluding hydrogens is 479 g/mol. The number of amides is 1. The summed E-state index contributed by atoms with van der Waals surface area (Å²) in [7, 11) is 0. The number of anilines is 1. The molecule has 0 saturated heterocycles. The Hall–Kier alpha value is -2.81. The number of aryl methyl sites for hydroxylation is 1. The van der Waals surface area contributed by atoms with Gasteiger partial charge in [-0.15, -0.1) is 24.0 Å². The van der Waals surface area contributed by atoms with Gasteiger partial charge in [0.25, 0.3) is 0 Å². The first-order valence-electron chi connectivity index (χ1n) is 9.14. The summed E-state index contributed by atoms with van der Waals surface area (Å²) in [6.45, 7) is 3.03. The van der Waals surface area contributed by atoms with Crippen molar-refractivity contribution in [1.82, 2.24) is 10.6 Å². The summed E-state index contributed by atoms with van der Waals surface area (Å²) in [6, 6.07) is 21.5. The van der Waals surface area contributed by atoms with Crippen LogP contribution in [0.15, 0.2) is 82.4 Å². The fourth-order valence-corrected chi connectivity index (χ4v) is 2.49. The van der Waals surface area contributed by atoms with Gasteiger partial charge in [0.2, 0.25) is 5.91 Å². The van der Waals surface area contributed by atoms with Crippen LogP contribution in [0.4, 0.5) is 5.69 Å². The Bertz CT molecular complexity index is 894. The third-order valence-corrected chi connectivity index (χ3v) is 4.03. The Kier molecular flexibility index (Phi) is 9.23. The molecule has 1 heterocycles. The van der Waals surface area contributed by atoms with Gasteiger partial charge in [0.05, 0.1) is 25.9 Å². The van der Waals surface area contributed by atoms with Crippen molar-refractivity contribution in [3.8, 4) is 0 Å². The molecule has 29 heavy (non-hydrogen) atoms. The van der Waals surface area contributed by atoms with Crippen LogP contribution >= 0.6 is 24.0 Å². The molecule has 0 aliphatic rings. The largest absolute Gasteiger partial charge is 0.467 e. The van der Waals surface area contributed by atoms with E-state index in [1.165, 1.54) is 5.56 Å². The summed E-state index contributed by atoms with van der Waals surface area (Å²) in [5.41, 5.74) is 3.21. The van der Waals surface area contributed by atoms with E-state index in [1.807, 2.05) is 36.4 Å². The van der Waals surface area contributed by atoms with E-state index in [1.54, 1.807) is 12.3 Å². The van der Waals surface area contributed by atoms with Gasteiger partial charge in [-0.25, -0.2) is 4.99 Å². The monoisotopic (exact) mass is 504 g/mol. The maximum Gasteiger partial charge on any atom is 0.239 e. The van der Waals surface area contributed by atoms with Gasteiger partial charge in [-0.05, 0) is 36.8 Å². The molecular formula is C22H25IN4O2. The lowest BCUT2D eigenvalue weighted by atomic mass is 10.1. The zero-order valence-electron chi connectivity index (χ0n) is 16.2. The smallest absolute Gasteiger partial charge is 0.239 e. The highest BCUT2D eigenvalue weighted by atomic mass is 127. The SMILES string of the molecule is Cc1ccc(CN=C(NCC(=O)NCc2ccco2)Nc2ccccc2)cc1.I. The topological polar surface area (TPSA) is 78.7 Å². The summed E-state index contributed by atoms with van der Waals surface area (Å²) < 4.78 is 5.21. The summed E-state index contributed by atoms with van der Waals surface area (Å²) in [6.07, 6.45) is 1.58. The number of guanidine groups is 1. The third-order valence-electron chi connectivity index (χ3n) is 4.03. The Labute approximate surface area is 187 Å². The van der Waals surface area contributed by atoms with E-state index in [4.69, 9.17) is 4.42 Å². The molecule has 0 aliphatic carbocycles. The first kappa shape index (κ1) is 22.5. The summed E-state index contributed by atoms with van der Waals surface area (Å²) >= 11 is 0. The van der Waals surface area contributed by atoms with E-state index in [2.05, 4.69) is 52.1 Å². The Morgan fingerprint density at radius 3 is 2.41 bits per heavy atom. The fourth-order valence-electron chi connectivity index (χ4n) is 2.49. The number of nitrogens with one attached hydrogen (secondary N) is 3. The van der Waals surface area contributed by atoms with Gasteiger partial charge in [0.1, 0.15) is 5.76 Å². The summed E-state index contributed by atoms with van der Waals surface area (Å²) in [5, 5.41) is 9.11. The van der Waals surface area contributed by atoms with Crippen LogP contribution < -0.4 is 16.0 Å². The van der Waals surface area contributed by atoms with Crippen molar-refractivity contribution >= 4 is 41.5 Å². The Balaban J connectivity index is 0.00000300. The van der Waals surface area contributed by atoms with E-state index in [0.717, 1.165) is 11.3 Å².